The summed E-state index contributed by atoms with van der Waals surface area (Å²) < 4.78 is 6.70. The number of nitro benzene ring substituents is 1. The van der Waals surface area contributed by atoms with Crippen LogP contribution in [-0.4, -0.2) is 19.5 Å². The lowest BCUT2D eigenvalue weighted by Gasteiger charge is -1.94. The summed E-state index contributed by atoms with van der Waals surface area (Å²) in [5, 5.41) is 15.2. The van der Waals surface area contributed by atoms with Gasteiger partial charge in [-0.3, -0.25) is 14.9 Å². The quantitative estimate of drug-likeness (QED) is 0.416. The minimum atomic E-state index is -0.484. The van der Waals surface area contributed by atoms with Gasteiger partial charge in [0.25, 0.3) is 11.2 Å². The van der Waals surface area contributed by atoms with E-state index in [4.69, 9.17) is 4.42 Å². The van der Waals surface area contributed by atoms with Gasteiger partial charge in [0.2, 0.25) is 10.8 Å². The van der Waals surface area contributed by atoms with Crippen molar-refractivity contribution in [1.29, 1.82) is 0 Å². The van der Waals surface area contributed by atoms with Gasteiger partial charge in [0.15, 0.2) is 5.76 Å². The first-order chi connectivity index (χ1) is 11.6. The van der Waals surface area contributed by atoms with E-state index in [2.05, 4.69) is 10.1 Å². The van der Waals surface area contributed by atoms with Crippen LogP contribution < -0.4 is 10.1 Å². The lowest BCUT2D eigenvalue weighted by molar-refractivity contribution is -0.385. The number of hydrogen-bond acceptors (Lipinski definition) is 7. The molecule has 8 nitrogen and oxygen atoms in total. The second-order valence-corrected chi connectivity index (χ2v) is 5.85. The second-order valence-electron chi connectivity index (χ2n) is 4.84. The first-order valence-electron chi connectivity index (χ1n) is 6.82. The Kier molecular flexibility index (Phi) is 3.21. The fourth-order valence-electron chi connectivity index (χ4n) is 2.26. The first kappa shape index (κ1) is 14.3. The standard InChI is InChI=1S/C15H8N4O4S/c20-14-12(8-9-4-1-2-5-10(9)19(21)22)24-15-16-13(17-18(14)15)11-6-3-7-23-11/h1-8H/b12-8-. The number of furan rings is 1. The van der Waals surface area contributed by atoms with Gasteiger partial charge >= 0.3 is 0 Å². The lowest BCUT2D eigenvalue weighted by atomic mass is 10.2. The summed E-state index contributed by atoms with van der Waals surface area (Å²) in [5.41, 5.74) is -0.0824. The maximum atomic E-state index is 12.4. The molecule has 0 atom stereocenters. The van der Waals surface area contributed by atoms with E-state index in [9.17, 15) is 14.9 Å². The number of nitrogens with zero attached hydrogens (tertiary/aromatic N) is 4. The largest absolute Gasteiger partial charge is 0.461 e. The number of hydrogen-bond donors (Lipinski definition) is 0. The van der Waals surface area contributed by atoms with E-state index >= 15 is 0 Å². The minimum Gasteiger partial charge on any atom is -0.461 e. The van der Waals surface area contributed by atoms with Crippen LogP contribution in [-0.2, 0) is 0 Å². The van der Waals surface area contributed by atoms with E-state index in [0.29, 0.717) is 26.6 Å². The normalized spacial score (nSPS) is 12.1. The Bertz CT molecular complexity index is 1160. The first-order valence-corrected chi connectivity index (χ1v) is 7.64. The maximum absolute atomic E-state index is 12.4. The van der Waals surface area contributed by atoms with E-state index in [1.165, 1.54) is 22.9 Å². The second kappa shape index (κ2) is 5.39. The molecule has 0 amide bonds. The van der Waals surface area contributed by atoms with E-state index in [-0.39, 0.29) is 11.2 Å². The van der Waals surface area contributed by atoms with Gasteiger partial charge in [-0.1, -0.05) is 23.5 Å². The Balaban J connectivity index is 1.87. The molecule has 4 rings (SSSR count). The number of nitro groups is 1. The van der Waals surface area contributed by atoms with E-state index in [1.54, 1.807) is 30.3 Å². The van der Waals surface area contributed by atoms with Gasteiger partial charge in [-0.25, -0.2) is 0 Å². The lowest BCUT2D eigenvalue weighted by Crippen LogP contribution is -2.23. The zero-order valence-electron chi connectivity index (χ0n) is 11.9. The summed E-state index contributed by atoms with van der Waals surface area (Å²) in [4.78, 5) is 27.7. The molecular weight excluding hydrogens is 332 g/mol. The molecule has 1 aromatic carbocycles. The third-order valence-electron chi connectivity index (χ3n) is 3.34. The molecule has 0 saturated carbocycles. The Hall–Kier alpha value is -3.33. The molecule has 4 aromatic rings. The Morgan fingerprint density at radius 3 is 2.79 bits per heavy atom. The highest BCUT2D eigenvalue weighted by molar-refractivity contribution is 7.15. The zero-order valence-corrected chi connectivity index (χ0v) is 12.8. The molecule has 24 heavy (non-hydrogen) atoms. The van der Waals surface area contributed by atoms with Crippen molar-refractivity contribution in [1.82, 2.24) is 14.6 Å². The number of benzene rings is 1. The molecule has 0 bridgehead atoms. The summed E-state index contributed by atoms with van der Waals surface area (Å²) in [6.45, 7) is 0. The van der Waals surface area contributed by atoms with E-state index in [1.807, 2.05) is 0 Å². The van der Waals surface area contributed by atoms with Crippen LogP contribution in [0.4, 0.5) is 5.69 Å². The molecular formula is C15H8N4O4S. The number of fused-ring (bicyclic) bond motifs is 1. The van der Waals surface area contributed by atoms with Crippen LogP contribution in [0.5, 0.6) is 0 Å². The Morgan fingerprint density at radius 1 is 1.25 bits per heavy atom. The summed E-state index contributed by atoms with van der Waals surface area (Å²) in [6.07, 6.45) is 2.98. The van der Waals surface area contributed by atoms with Crippen molar-refractivity contribution in [3.05, 3.63) is 73.2 Å². The van der Waals surface area contributed by atoms with Crippen LogP contribution >= 0.6 is 11.3 Å². The van der Waals surface area contributed by atoms with Crippen LogP contribution in [0.1, 0.15) is 5.56 Å². The maximum Gasteiger partial charge on any atom is 0.291 e. The molecule has 0 saturated heterocycles. The summed E-state index contributed by atoms with van der Waals surface area (Å²) in [5.74, 6) is 0.787. The summed E-state index contributed by atoms with van der Waals surface area (Å²) >= 11 is 1.11. The molecule has 0 aliphatic rings. The SMILES string of the molecule is O=c1/c(=C/c2ccccc2[N+](=O)[O-])sc2nc(-c3ccco3)nn12. The molecule has 118 valence electrons. The predicted molar refractivity (Wildman–Crippen MR) is 86.7 cm³/mol. The highest BCUT2D eigenvalue weighted by Crippen LogP contribution is 2.19. The molecule has 0 spiro atoms. The molecule has 3 heterocycles. The molecule has 0 fully saturated rings. The number of rotatable bonds is 3. The fourth-order valence-corrected chi connectivity index (χ4v) is 3.16. The minimum absolute atomic E-state index is 0.0628. The molecule has 0 radical (unpaired) electrons. The van der Waals surface area contributed by atoms with Crippen molar-refractivity contribution in [2.24, 2.45) is 0 Å². The van der Waals surface area contributed by atoms with Crippen LogP contribution in [0, 0.1) is 10.1 Å². The number of thiazole rings is 1. The Morgan fingerprint density at radius 2 is 2.08 bits per heavy atom. The van der Waals surface area contributed by atoms with E-state index in [0.717, 1.165) is 11.3 Å². The Labute approximate surface area is 137 Å². The monoisotopic (exact) mass is 340 g/mol. The number of para-hydroxylation sites is 1. The van der Waals surface area contributed by atoms with Crippen molar-refractivity contribution >= 4 is 28.1 Å². The van der Waals surface area contributed by atoms with Gasteiger partial charge < -0.3 is 4.42 Å². The molecule has 0 aliphatic heterocycles. The fraction of sp³-hybridized carbons (Fsp3) is 0. The van der Waals surface area contributed by atoms with Crippen molar-refractivity contribution < 1.29 is 9.34 Å². The van der Waals surface area contributed by atoms with Crippen molar-refractivity contribution in [2.45, 2.75) is 0 Å². The molecule has 3 aromatic heterocycles. The van der Waals surface area contributed by atoms with Crippen LogP contribution in [0.25, 0.3) is 22.6 Å². The highest BCUT2D eigenvalue weighted by atomic mass is 32.1. The predicted octanol–water partition coefficient (Wildman–Crippen LogP) is 1.87. The van der Waals surface area contributed by atoms with Gasteiger partial charge in [-0.2, -0.15) is 9.50 Å². The topological polar surface area (TPSA) is 104 Å². The van der Waals surface area contributed by atoms with Crippen molar-refractivity contribution in [2.75, 3.05) is 0 Å². The van der Waals surface area contributed by atoms with Gasteiger partial charge in [-0.05, 0) is 24.3 Å². The summed E-state index contributed by atoms with van der Waals surface area (Å²) in [6, 6.07) is 9.63. The number of aromatic nitrogens is 3. The van der Waals surface area contributed by atoms with Gasteiger partial charge in [-0.15, -0.1) is 5.10 Å². The highest BCUT2D eigenvalue weighted by Gasteiger charge is 2.15. The molecule has 0 aliphatic carbocycles. The van der Waals surface area contributed by atoms with Gasteiger partial charge in [0.05, 0.1) is 21.3 Å². The smallest absolute Gasteiger partial charge is 0.291 e. The average Bonchev–Trinajstić information content (AvgIpc) is 3.27. The molecule has 0 unspecified atom stereocenters. The van der Waals surface area contributed by atoms with E-state index < -0.39 is 4.92 Å². The van der Waals surface area contributed by atoms with Crippen LogP contribution in [0.3, 0.4) is 0 Å². The van der Waals surface area contributed by atoms with Crippen LogP contribution in [0.2, 0.25) is 0 Å². The zero-order chi connectivity index (χ0) is 16.7. The summed E-state index contributed by atoms with van der Waals surface area (Å²) in [7, 11) is 0. The van der Waals surface area contributed by atoms with Crippen molar-refractivity contribution in [3.8, 4) is 11.6 Å². The third-order valence-corrected chi connectivity index (χ3v) is 4.30. The average molecular weight is 340 g/mol. The molecule has 0 N–H and O–H groups in total. The van der Waals surface area contributed by atoms with Gasteiger partial charge in [0.1, 0.15) is 0 Å². The van der Waals surface area contributed by atoms with Gasteiger partial charge in [0, 0.05) is 6.07 Å². The van der Waals surface area contributed by atoms with Crippen LogP contribution in [0.15, 0.2) is 51.9 Å². The molecule has 9 heteroatoms. The van der Waals surface area contributed by atoms with Crippen molar-refractivity contribution in [3.63, 3.8) is 0 Å². The third kappa shape index (κ3) is 2.27.